The minimum absolute atomic E-state index is 0.0613. The van der Waals surface area contributed by atoms with Crippen molar-refractivity contribution in [2.24, 2.45) is 5.92 Å². The summed E-state index contributed by atoms with van der Waals surface area (Å²) in [7, 11) is 1.24. The molecule has 0 spiro atoms. The average Bonchev–Trinajstić information content (AvgIpc) is 3.07. The Morgan fingerprint density at radius 2 is 1.53 bits per heavy atom. The molecule has 0 saturated heterocycles. The maximum atomic E-state index is 12.4. The molecule has 7 heteroatoms. The van der Waals surface area contributed by atoms with Crippen molar-refractivity contribution in [1.29, 1.82) is 0 Å². The molecule has 1 aliphatic carbocycles. The standard InChI is InChI=1S/C23H26N2O5/c1-14(2)21(22(27)24-12-20(26)29-3)25-23(28)30-13-19-17-10-6-4-8-15(17)16-9-5-7-11-18(16)19/h4-11,14,19,21H,12-13H2,1-3H3,(H,24,27)(H,25,28). The number of carbonyl (C=O) groups is 3. The first-order valence-corrected chi connectivity index (χ1v) is 9.88. The van der Waals surface area contributed by atoms with Gasteiger partial charge in [0.15, 0.2) is 0 Å². The van der Waals surface area contributed by atoms with Crippen LogP contribution < -0.4 is 10.6 Å². The van der Waals surface area contributed by atoms with Gasteiger partial charge in [-0.05, 0) is 28.2 Å². The Morgan fingerprint density at radius 1 is 0.967 bits per heavy atom. The van der Waals surface area contributed by atoms with Crippen LogP contribution in [0.4, 0.5) is 4.79 Å². The molecule has 30 heavy (non-hydrogen) atoms. The largest absolute Gasteiger partial charge is 0.468 e. The molecule has 158 valence electrons. The number of ether oxygens (including phenoxy) is 2. The zero-order valence-electron chi connectivity index (χ0n) is 17.3. The van der Waals surface area contributed by atoms with Crippen LogP contribution in [0, 0.1) is 5.92 Å². The molecule has 0 saturated carbocycles. The molecule has 2 amide bonds. The van der Waals surface area contributed by atoms with E-state index in [1.165, 1.54) is 7.11 Å². The lowest BCUT2D eigenvalue weighted by Gasteiger charge is -2.22. The van der Waals surface area contributed by atoms with E-state index in [2.05, 4.69) is 27.5 Å². The van der Waals surface area contributed by atoms with E-state index >= 15 is 0 Å². The Bertz CT molecular complexity index is 895. The van der Waals surface area contributed by atoms with Gasteiger partial charge >= 0.3 is 12.1 Å². The lowest BCUT2D eigenvalue weighted by molar-refractivity contribution is -0.141. The number of esters is 1. The third-order valence-electron chi connectivity index (χ3n) is 5.20. The summed E-state index contributed by atoms with van der Waals surface area (Å²) in [5, 5.41) is 5.06. The van der Waals surface area contributed by atoms with Crippen molar-refractivity contribution in [3.05, 3.63) is 59.7 Å². The van der Waals surface area contributed by atoms with Gasteiger partial charge in [-0.2, -0.15) is 0 Å². The molecule has 1 unspecified atom stereocenters. The zero-order chi connectivity index (χ0) is 21.7. The van der Waals surface area contributed by atoms with Crippen LogP contribution in [0.5, 0.6) is 0 Å². The number of hydrogen-bond donors (Lipinski definition) is 2. The van der Waals surface area contributed by atoms with Gasteiger partial charge in [0.1, 0.15) is 19.2 Å². The Kier molecular flexibility index (Phi) is 6.72. The fraction of sp³-hybridized carbons (Fsp3) is 0.348. The third-order valence-corrected chi connectivity index (χ3v) is 5.20. The summed E-state index contributed by atoms with van der Waals surface area (Å²) in [6.07, 6.45) is -0.677. The number of hydrogen-bond acceptors (Lipinski definition) is 5. The van der Waals surface area contributed by atoms with E-state index in [9.17, 15) is 14.4 Å². The van der Waals surface area contributed by atoms with E-state index in [1.807, 2.05) is 36.4 Å². The van der Waals surface area contributed by atoms with Crippen LogP contribution in [-0.4, -0.2) is 44.3 Å². The molecule has 2 N–H and O–H groups in total. The number of rotatable bonds is 7. The van der Waals surface area contributed by atoms with Gasteiger partial charge in [-0.15, -0.1) is 0 Å². The van der Waals surface area contributed by atoms with Crippen molar-refractivity contribution in [2.75, 3.05) is 20.3 Å². The highest BCUT2D eigenvalue weighted by Gasteiger charge is 2.30. The highest BCUT2D eigenvalue weighted by atomic mass is 16.5. The lowest BCUT2D eigenvalue weighted by atomic mass is 9.98. The number of benzene rings is 2. The maximum absolute atomic E-state index is 12.4. The average molecular weight is 410 g/mol. The van der Waals surface area contributed by atoms with Crippen molar-refractivity contribution in [2.45, 2.75) is 25.8 Å². The van der Waals surface area contributed by atoms with Gasteiger partial charge in [0.05, 0.1) is 7.11 Å². The molecule has 2 aromatic carbocycles. The summed E-state index contributed by atoms with van der Waals surface area (Å²) in [6.45, 7) is 3.50. The van der Waals surface area contributed by atoms with Gasteiger partial charge in [0.2, 0.25) is 5.91 Å². The lowest BCUT2D eigenvalue weighted by Crippen LogP contribution is -2.50. The molecule has 0 bridgehead atoms. The van der Waals surface area contributed by atoms with E-state index < -0.39 is 24.0 Å². The summed E-state index contributed by atoms with van der Waals surface area (Å²) >= 11 is 0. The second kappa shape index (κ2) is 9.43. The van der Waals surface area contributed by atoms with Crippen LogP contribution in [0.1, 0.15) is 30.9 Å². The fourth-order valence-electron chi connectivity index (χ4n) is 3.64. The first-order chi connectivity index (χ1) is 14.4. The summed E-state index contributed by atoms with van der Waals surface area (Å²) in [5.41, 5.74) is 4.51. The minimum atomic E-state index is -0.828. The number of carbonyl (C=O) groups excluding carboxylic acids is 3. The summed E-state index contributed by atoms with van der Waals surface area (Å²) < 4.78 is 10.0. The van der Waals surface area contributed by atoms with Crippen LogP contribution in [0.15, 0.2) is 48.5 Å². The van der Waals surface area contributed by atoms with E-state index in [-0.39, 0.29) is 25.0 Å². The molecule has 1 atom stereocenters. The fourth-order valence-corrected chi connectivity index (χ4v) is 3.64. The molecular weight excluding hydrogens is 384 g/mol. The van der Waals surface area contributed by atoms with E-state index in [4.69, 9.17) is 4.74 Å². The molecule has 0 radical (unpaired) electrons. The normalized spacial score (nSPS) is 13.2. The van der Waals surface area contributed by atoms with E-state index in [0.717, 1.165) is 22.3 Å². The topological polar surface area (TPSA) is 93.7 Å². The van der Waals surface area contributed by atoms with Crippen molar-refractivity contribution < 1.29 is 23.9 Å². The quantitative estimate of drug-likeness (QED) is 0.685. The zero-order valence-corrected chi connectivity index (χ0v) is 17.3. The van der Waals surface area contributed by atoms with Crippen LogP contribution in [0.2, 0.25) is 0 Å². The van der Waals surface area contributed by atoms with Crippen molar-refractivity contribution >= 4 is 18.0 Å². The Morgan fingerprint density at radius 3 is 2.07 bits per heavy atom. The molecule has 0 heterocycles. The van der Waals surface area contributed by atoms with Gasteiger partial charge in [0.25, 0.3) is 0 Å². The van der Waals surface area contributed by atoms with Gasteiger partial charge in [-0.25, -0.2) is 4.79 Å². The van der Waals surface area contributed by atoms with Crippen LogP contribution in [-0.2, 0) is 19.1 Å². The molecule has 0 aromatic heterocycles. The number of alkyl carbamates (subject to hydrolysis) is 1. The van der Waals surface area contributed by atoms with Crippen molar-refractivity contribution in [3.63, 3.8) is 0 Å². The minimum Gasteiger partial charge on any atom is -0.468 e. The molecule has 3 rings (SSSR count). The second-order valence-corrected chi connectivity index (χ2v) is 7.49. The maximum Gasteiger partial charge on any atom is 0.407 e. The number of amides is 2. The van der Waals surface area contributed by atoms with Crippen molar-refractivity contribution in [1.82, 2.24) is 10.6 Å². The van der Waals surface area contributed by atoms with Gasteiger partial charge in [-0.1, -0.05) is 62.4 Å². The first kappa shape index (κ1) is 21.4. The predicted octanol–water partition coefficient (Wildman–Crippen LogP) is 2.84. The Balaban J connectivity index is 1.63. The Hall–Kier alpha value is -3.35. The second-order valence-electron chi connectivity index (χ2n) is 7.49. The summed E-state index contributed by atoms with van der Waals surface area (Å²) in [4.78, 5) is 36.0. The van der Waals surface area contributed by atoms with Crippen LogP contribution >= 0.6 is 0 Å². The molecule has 7 nitrogen and oxygen atoms in total. The number of nitrogens with one attached hydrogen (secondary N) is 2. The smallest absolute Gasteiger partial charge is 0.407 e. The van der Waals surface area contributed by atoms with Gasteiger partial charge in [0, 0.05) is 5.92 Å². The molecular formula is C23H26N2O5. The highest BCUT2D eigenvalue weighted by Crippen LogP contribution is 2.44. The molecule has 0 fully saturated rings. The van der Waals surface area contributed by atoms with Crippen LogP contribution in [0.3, 0.4) is 0 Å². The number of methoxy groups -OCH3 is 1. The summed E-state index contributed by atoms with van der Waals surface area (Å²) in [5.74, 6) is -1.28. The summed E-state index contributed by atoms with van der Waals surface area (Å²) in [6, 6.07) is 15.3. The van der Waals surface area contributed by atoms with Gasteiger partial charge < -0.3 is 20.1 Å². The predicted molar refractivity (Wildman–Crippen MR) is 112 cm³/mol. The van der Waals surface area contributed by atoms with E-state index in [0.29, 0.717) is 0 Å². The SMILES string of the molecule is COC(=O)CNC(=O)C(NC(=O)OCC1c2ccccc2-c2ccccc21)C(C)C. The molecule has 1 aliphatic rings. The first-order valence-electron chi connectivity index (χ1n) is 9.88. The monoisotopic (exact) mass is 410 g/mol. The van der Waals surface area contributed by atoms with E-state index in [1.54, 1.807) is 13.8 Å². The highest BCUT2D eigenvalue weighted by molar-refractivity contribution is 5.88. The molecule has 0 aliphatic heterocycles. The number of fused-ring (bicyclic) bond motifs is 3. The van der Waals surface area contributed by atoms with Crippen molar-refractivity contribution in [3.8, 4) is 11.1 Å². The van der Waals surface area contributed by atoms with Crippen LogP contribution in [0.25, 0.3) is 11.1 Å². The third kappa shape index (κ3) is 4.62. The molecule has 2 aromatic rings. The Labute approximate surface area is 175 Å². The van der Waals surface area contributed by atoms with Gasteiger partial charge in [-0.3, -0.25) is 9.59 Å².